The first-order valence-electron chi connectivity index (χ1n) is 5.30. The number of ether oxygens (including phenoxy) is 1. The molecule has 15 heavy (non-hydrogen) atoms. The lowest BCUT2D eigenvalue weighted by Gasteiger charge is -2.38. The highest BCUT2D eigenvalue weighted by Crippen LogP contribution is 2.28. The van der Waals surface area contributed by atoms with Crippen LogP contribution in [0.1, 0.15) is 19.4 Å². The van der Waals surface area contributed by atoms with E-state index in [4.69, 9.17) is 4.74 Å². The molecule has 1 heterocycles. The van der Waals surface area contributed by atoms with Crippen LogP contribution in [-0.4, -0.2) is 24.3 Å². The summed E-state index contributed by atoms with van der Waals surface area (Å²) in [6, 6.07) is 7.69. The van der Waals surface area contributed by atoms with Crippen LogP contribution in [0.5, 0.6) is 5.75 Å². The van der Waals surface area contributed by atoms with E-state index in [1.54, 1.807) is 0 Å². The number of β-amino-alcohol motifs (C(OH)–C–C–N with tert-alkyl or cyclic N) is 1. The van der Waals surface area contributed by atoms with Crippen molar-refractivity contribution in [2.45, 2.75) is 25.6 Å². The number of benzene rings is 1. The molecule has 0 unspecified atom stereocenters. The van der Waals surface area contributed by atoms with Crippen molar-refractivity contribution in [1.29, 1.82) is 0 Å². The van der Waals surface area contributed by atoms with Gasteiger partial charge in [-0.05, 0) is 31.5 Å². The number of hydrogen-bond donors (Lipinski definition) is 2. The van der Waals surface area contributed by atoms with Crippen molar-refractivity contribution in [3.05, 3.63) is 29.8 Å². The second kappa shape index (κ2) is 3.83. The van der Waals surface area contributed by atoms with Crippen LogP contribution >= 0.6 is 0 Å². The van der Waals surface area contributed by atoms with E-state index in [0.717, 1.165) is 11.3 Å². The fourth-order valence-corrected chi connectivity index (χ4v) is 1.70. The average Bonchev–Trinajstić information content (AvgIpc) is 2.13. The van der Waals surface area contributed by atoms with Gasteiger partial charge in [0.2, 0.25) is 0 Å². The van der Waals surface area contributed by atoms with E-state index in [1.807, 2.05) is 38.1 Å². The zero-order chi connectivity index (χ0) is 10.9. The molecule has 1 aromatic carbocycles. The Morgan fingerprint density at radius 1 is 1.40 bits per heavy atom. The molecule has 3 heteroatoms. The van der Waals surface area contributed by atoms with Gasteiger partial charge < -0.3 is 15.2 Å². The van der Waals surface area contributed by atoms with Crippen molar-refractivity contribution >= 4 is 0 Å². The van der Waals surface area contributed by atoms with Gasteiger partial charge in [-0.3, -0.25) is 0 Å². The summed E-state index contributed by atoms with van der Waals surface area (Å²) in [5, 5.41) is 13.2. The molecule has 0 aromatic heterocycles. The van der Waals surface area contributed by atoms with Crippen molar-refractivity contribution in [3.8, 4) is 5.75 Å². The molecule has 0 spiro atoms. The predicted octanol–water partition coefficient (Wildman–Crippen LogP) is 1.26. The minimum Gasteiger partial charge on any atom is -0.491 e. The Morgan fingerprint density at radius 2 is 2.13 bits per heavy atom. The Morgan fingerprint density at radius 3 is 2.67 bits per heavy atom. The Hall–Kier alpha value is -1.06. The smallest absolute Gasteiger partial charge is 0.120 e. The molecule has 1 saturated heterocycles. The summed E-state index contributed by atoms with van der Waals surface area (Å²) < 4.78 is 5.59. The maximum Gasteiger partial charge on any atom is 0.120 e. The van der Waals surface area contributed by atoms with Crippen LogP contribution in [0.3, 0.4) is 0 Å². The maximum absolute atomic E-state index is 10.1. The van der Waals surface area contributed by atoms with Gasteiger partial charge >= 0.3 is 0 Å². The Labute approximate surface area is 90.1 Å². The minimum atomic E-state index is -0.698. The van der Waals surface area contributed by atoms with Crippen molar-refractivity contribution < 1.29 is 9.84 Å². The zero-order valence-electron chi connectivity index (χ0n) is 9.16. The van der Waals surface area contributed by atoms with Crippen LogP contribution < -0.4 is 10.1 Å². The normalized spacial score (nSPS) is 18.7. The molecule has 0 aliphatic carbocycles. The van der Waals surface area contributed by atoms with E-state index in [9.17, 15) is 5.11 Å². The summed E-state index contributed by atoms with van der Waals surface area (Å²) in [6.07, 6.45) is 0.161. The molecule has 0 radical (unpaired) electrons. The number of hydrogen-bond acceptors (Lipinski definition) is 3. The van der Waals surface area contributed by atoms with Gasteiger partial charge in [0.05, 0.1) is 6.10 Å². The zero-order valence-corrected chi connectivity index (χ0v) is 9.16. The number of rotatable bonds is 3. The van der Waals surface area contributed by atoms with E-state index in [1.165, 1.54) is 0 Å². The average molecular weight is 207 g/mol. The van der Waals surface area contributed by atoms with Crippen LogP contribution in [0.2, 0.25) is 0 Å². The first-order valence-corrected chi connectivity index (χ1v) is 5.30. The molecule has 0 amide bonds. The van der Waals surface area contributed by atoms with Crippen LogP contribution in [0.4, 0.5) is 0 Å². The topological polar surface area (TPSA) is 41.5 Å². The Bertz CT molecular complexity index is 345. The fraction of sp³-hybridized carbons (Fsp3) is 0.500. The first kappa shape index (κ1) is 10.5. The third-order valence-corrected chi connectivity index (χ3v) is 2.58. The van der Waals surface area contributed by atoms with Gasteiger partial charge in [0, 0.05) is 13.1 Å². The molecule has 0 atom stereocenters. The molecule has 3 nitrogen and oxygen atoms in total. The molecule has 0 saturated carbocycles. The standard InChI is InChI=1S/C12H17NO2/c1-9(2)15-11-5-3-4-10(6-11)12(14)7-13-8-12/h3-6,9,13-14H,7-8H2,1-2H3. The van der Waals surface area contributed by atoms with Crippen LogP contribution in [0.15, 0.2) is 24.3 Å². The van der Waals surface area contributed by atoms with Gasteiger partial charge in [-0.2, -0.15) is 0 Å². The highest BCUT2D eigenvalue weighted by atomic mass is 16.5. The predicted molar refractivity (Wildman–Crippen MR) is 59.0 cm³/mol. The molecule has 1 aliphatic rings. The van der Waals surface area contributed by atoms with Crippen LogP contribution in [-0.2, 0) is 5.60 Å². The van der Waals surface area contributed by atoms with Gasteiger partial charge in [-0.25, -0.2) is 0 Å². The molecule has 82 valence electrons. The van der Waals surface area contributed by atoms with E-state index in [-0.39, 0.29) is 6.10 Å². The molecule has 0 bridgehead atoms. The quantitative estimate of drug-likeness (QED) is 0.784. The SMILES string of the molecule is CC(C)Oc1cccc(C2(O)CNC2)c1. The van der Waals surface area contributed by atoms with Crippen molar-refractivity contribution in [3.63, 3.8) is 0 Å². The summed E-state index contributed by atoms with van der Waals surface area (Å²) in [6.45, 7) is 5.23. The summed E-state index contributed by atoms with van der Waals surface area (Å²) in [4.78, 5) is 0. The second-order valence-corrected chi connectivity index (χ2v) is 4.33. The van der Waals surface area contributed by atoms with Gasteiger partial charge in [0.15, 0.2) is 0 Å². The molecule has 2 N–H and O–H groups in total. The third kappa shape index (κ3) is 2.13. The Kier molecular flexibility index (Phi) is 2.67. The van der Waals surface area contributed by atoms with Crippen LogP contribution in [0.25, 0.3) is 0 Å². The van der Waals surface area contributed by atoms with Crippen molar-refractivity contribution in [2.75, 3.05) is 13.1 Å². The second-order valence-electron chi connectivity index (χ2n) is 4.33. The van der Waals surface area contributed by atoms with Gasteiger partial charge in [-0.15, -0.1) is 0 Å². The summed E-state index contributed by atoms with van der Waals surface area (Å²) in [7, 11) is 0. The maximum atomic E-state index is 10.1. The van der Waals surface area contributed by atoms with Gasteiger partial charge in [-0.1, -0.05) is 12.1 Å². The summed E-state index contributed by atoms with van der Waals surface area (Å²) in [5.41, 5.74) is 0.232. The monoisotopic (exact) mass is 207 g/mol. The van der Waals surface area contributed by atoms with E-state index in [0.29, 0.717) is 13.1 Å². The van der Waals surface area contributed by atoms with Crippen LogP contribution in [0, 0.1) is 0 Å². The molecule has 2 rings (SSSR count). The van der Waals surface area contributed by atoms with E-state index in [2.05, 4.69) is 5.32 Å². The number of nitrogens with one attached hydrogen (secondary N) is 1. The van der Waals surface area contributed by atoms with Gasteiger partial charge in [0.1, 0.15) is 11.4 Å². The highest BCUT2D eigenvalue weighted by molar-refractivity contribution is 5.34. The fourth-order valence-electron chi connectivity index (χ4n) is 1.70. The lowest BCUT2D eigenvalue weighted by atomic mass is 9.88. The molecule has 1 aromatic rings. The van der Waals surface area contributed by atoms with Gasteiger partial charge in [0.25, 0.3) is 0 Å². The third-order valence-electron chi connectivity index (χ3n) is 2.58. The number of aliphatic hydroxyl groups is 1. The van der Waals surface area contributed by atoms with E-state index >= 15 is 0 Å². The lowest BCUT2D eigenvalue weighted by Crippen LogP contribution is -2.56. The van der Waals surface area contributed by atoms with Crippen molar-refractivity contribution in [1.82, 2.24) is 5.32 Å². The highest BCUT2D eigenvalue weighted by Gasteiger charge is 2.36. The molecular weight excluding hydrogens is 190 g/mol. The molecule has 1 aliphatic heterocycles. The van der Waals surface area contributed by atoms with Crippen molar-refractivity contribution in [2.24, 2.45) is 0 Å². The van der Waals surface area contributed by atoms with E-state index < -0.39 is 5.60 Å². The molecular formula is C12H17NO2. The summed E-state index contributed by atoms with van der Waals surface area (Å²) >= 11 is 0. The first-order chi connectivity index (χ1) is 7.10. The molecule has 1 fully saturated rings. The lowest BCUT2D eigenvalue weighted by molar-refractivity contribution is -0.0149. The Balaban J connectivity index is 2.19. The minimum absolute atomic E-state index is 0.161. The summed E-state index contributed by atoms with van der Waals surface area (Å²) in [5.74, 6) is 0.822. The largest absolute Gasteiger partial charge is 0.491 e.